The summed E-state index contributed by atoms with van der Waals surface area (Å²) in [6.45, 7) is 0.696. The van der Waals surface area contributed by atoms with E-state index in [1.165, 1.54) is 6.92 Å². The molecule has 0 saturated heterocycles. The number of rotatable bonds is 1. The molecular formula is C6H12. The van der Waals surface area contributed by atoms with Crippen LogP contribution in [0.2, 0.25) is 0 Å². The van der Waals surface area contributed by atoms with Crippen molar-refractivity contribution in [1.29, 1.82) is 0 Å². The van der Waals surface area contributed by atoms with E-state index in [2.05, 4.69) is 0 Å². The molecule has 0 N–H and O–H groups in total. The van der Waals surface area contributed by atoms with Crippen LogP contribution in [0.5, 0.6) is 0 Å². The average molecular weight is 89.2 g/mol. The molecule has 0 fully saturated rings. The van der Waals surface area contributed by atoms with Gasteiger partial charge in [-0.1, -0.05) is 18.5 Å². The highest BCUT2D eigenvalue weighted by Crippen LogP contribution is 1.94. The van der Waals surface area contributed by atoms with Crippen LogP contribution < -0.4 is 0 Å². The molecule has 0 aromatic carbocycles. The van der Waals surface area contributed by atoms with Gasteiger partial charge < -0.3 is 0 Å². The Kier molecular flexibility index (Phi) is 0.669. The van der Waals surface area contributed by atoms with Crippen LogP contribution in [0.15, 0.2) is 11.6 Å². The third kappa shape index (κ3) is 2.01. The molecule has 0 heterocycles. The lowest BCUT2D eigenvalue weighted by Crippen LogP contribution is -1.63. The summed E-state index contributed by atoms with van der Waals surface area (Å²) in [5.41, 5.74) is 0.310. The Balaban J connectivity index is 4.67. The molecule has 0 radical (unpaired) electrons. The highest BCUT2D eigenvalue weighted by Gasteiger charge is 1.73. The Labute approximate surface area is 46.9 Å². The van der Waals surface area contributed by atoms with Crippen molar-refractivity contribution < 1.29 is 6.85 Å². The molecule has 1 atom stereocenters. The maximum atomic E-state index is 7.17. The van der Waals surface area contributed by atoms with Crippen LogP contribution >= 0.6 is 0 Å². The fourth-order valence-corrected chi connectivity index (χ4v) is 0.0722. The minimum atomic E-state index is -2.36. The van der Waals surface area contributed by atoms with Gasteiger partial charge >= 0.3 is 0 Å². The van der Waals surface area contributed by atoms with Crippen molar-refractivity contribution in [3.05, 3.63) is 11.6 Å². The second kappa shape index (κ2) is 2.95. The SMILES string of the molecule is [2H]/C(=C(/C)C([2H])C)C([2H])([2H])[2H]. The molecule has 0 nitrogen and oxygen atoms in total. The third-order valence-corrected chi connectivity index (χ3v) is 0.630. The molecule has 0 spiro atoms. The van der Waals surface area contributed by atoms with Crippen LogP contribution in [-0.2, 0) is 0 Å². The van der Waals surface area contributed by atoms with E-state index in [0.29, 0.717) is 5.57 Å². The van der Waals surface area contributed by atoms with Gasteiger partial charge in [0, 0.05) is 5.48 Å². The number of hydrogen-bond acceptors (Lipinski definition) is 0. The molecule has 0 rings (SSSR count). The largest absolute Gasteiger partial charge is 0.0887 e. The van der Waals surface area contributed by atoms with Crippen molar-refractivity contribution in [3.63, 3.8) is 0 Å². The van der Waals surface area contributed by atoms with Gasteiger partial charge in [0.1, 0.15) is 0 Å². The maximum Gasteiger partial charge on any atom is 0.0572 e. The van der Waals surface area contributed by atoms with Crippen LogP contribution in [0, 0.1) is 0 Å². The van der Waals surface area contributed by atoms with Crippen LogP contribution in [-0.4, -0.2) is 0 Å². The smallest absolute Gasteiger partial charge is 0.0572 e. The van der Waals surface area contributed by atoms with Crippen molar-refractivity contribution in [2.75, 3.05) is 0 Å². The summed E-state index contributed by atoms with van der Waals surface area (Å²) < 4.78 is 34.9. The topological polar surface area (TPSA) is 0 Å². The predicted molar refractivity (Wildman–Crippen MR) is 29.7 cm³/mol. The van der Waals surface area contributed by atoms with E-state index in [1.54, 1.807) is 6.92 Å². The first-order valence-corrected chi connectivity index (χ1v) is 1.87. The molecule has 36 valence electrons. The normalized spacial score (nSPS) is 33.3. The Bertz CT molecular complexity index is 164. The summed E-state index contributed by atoms with van der Waals surface area (Å²) >= 11 is 0. The fraction of sp³-hybridized carbons (Fsp3) is 0.667. The van der Waals surface area contributed by atoms with Crippen molar-refractivity contribution >= 4 is 0 Å². The van der Waals surface area contributed by atoms with Gasteiger partial charge in [-0.25, -0.2) is 0 Å². The van der Waals surface area contributed by atoms with Gasteiger partial charge in [0.15, 0.2) is 0 Å². The molecule has 0 amide bonds. The molecule has 0 aliphatic rings. The van der Waals surface area contributed by atoms with Gasteiger partial charge in [0.2, 0.25) is 0 Å². The summed E-state index contributed by atoms with van der Waals surface area (Å²) in [7, 11) is 0. The number of hydrogen-bond donors (Lipinski definition) is 0. The Hall–Kier alpha value is -0.260. The summed E-state index contributed by atoms with van der Waals surface area (Å²) in [6.07, 6.45) is -0.608. The molecule has 6 heavy (non-hydrogen) atoms. The zero-order valence-electron chi connectivity index (χ0n) is 9.08. The van der Waals surface area contributed by atoms with E-state index in [9.17, 15) is 0 Å². The Morgan fingerprint density at radius 1 is 2.33 bits per heavy atom. The lowest BCUT2D eigenvalue weighted by atomic mass is 10.2. The van der Waals surface area contributed by atoms with E-state index in [1.807, 2.05) is 0 Å². The average Bonchev–Trinajstić information content (AvgIpc) is 1.82. The van der Waals surface area contributed by atoms with Crippen molar-refractivity contribution in [2.45, 2.75) is 27.1 Å². The van der Waals surface area contributed by atoms with Crippen LogP contribution in [0.3, 0.4) is 0 Å². The van der Waals surface area contributed by atoms with E-state index in [-0.39, 0.29) is 0 Å². The lowest BCUT2D eigenvalue weighted by molar-refractivity contribution is 1.09. The van der Waals surface area contributed by atoms with Gasteiger partial charge in [-0.2, -0.15) is 0 Å². The van der Waals surface area contributed by atoms with Crippen LogP contribution in [0.4, 0.5) is 0 Å². The molecule has 0 aliphatic heterocycles. The first kappa shape index (κ1) is 1.36. The van der Waals surface area contributed by atoms with Crippen LogP contribution in [0.25, 0.3) is 0 Å². The Morgan fingerprint density at radius 3 is 3.17 bits per heavy atom. The molecule has 0 heteroatoms. The van der Waals surface area contributed by atoms with Gasteiger partial charge in [-0.15, -0.1) is 0 Å². The second-order valence-electron chi connectivity index (χ2n) is 1.10. The molecule has 0 aliphatic carbocycles. The van der Waals surface area contributed by atoms with Gasteiger partial charge in [-0.05, 0) is 20.2 Å². The summed E-state index contributed by atoms with van der Waals surface area (Å²) in [4.78, 5) is 0. The zero-order chi connectivity index (χ0) is 9.23. The van der Waals surface area contributed by atoms with E-state index >= 15 is 0 Å². The first-order valence-electron chi connectivity index (χ1n) is 4.44. The quantitative estimate of drug-likeness (QED) is 0.433. The van der Waals surface area contributed by atoms with Crippen molar-refractivity contribution in [1.82, 2.24) is 0 Å². The highest BCUT2D eigenvalue weighted by molar-refractivity contribution is 4.93. The third-order valence-electron chi connectivity index (χ3n) is 0.630. The molecular weight excluding hydrogens is 72.1 g/mol. The van der Waals surface area contributed by atoms with E-state index < -0.39 is 19.3 Å². The van der Waals surface area contributed by atoms with Gasteiger partial charge in [0.25, 0.3) is 0 Å². The lowest BCUT2D eigenvalue weighted by Gasteiger charge is -1.85. The second-order valence-corrected chi connectivity index (χ2v) is 1.10. The van der Waals surface area contributed by atoms with Crippen molar-refractivity contribution in [3.8, 4) is 0 Å². The monoisotopic (exact) mass is 89.1 g/mol. The summed E-state index contributed by atoms with van der Waals surface area (Å²) in [5.74, 6) is 0. The fourth-order valence-electron chi connectivity index (χ4n) is 0.0722. The van der Waals surface area contributed by atoms with Gasteiger partial charge in [-0.3, -0.25) is 0 Å². The maximum absolute atomic E-state index is 7.17. The molecule has 0 saturated carbocycles. The van der Waals surface area contributed by atoms with Crippen LogP contribution in [0.1, 0.15) is 34.0 Å². The van der Waals surface area contributed by atoms with Gasteiger partial charge in [0.05, 0.1) is 1.37 Å². The molecule has 0 aromatic heterocycles. The Morgan fingerprint density at radius 2 is 3.00 bits per heavy atom. The minimum absolute atomic E-state index is 0.310. The standard InChI is InChI=1S/C6H12/c1-4-6(3)5-2/h4H,5H2,1-3H3/b6-4+/i1D3,4D,5D. The highest BCUT2D eigenvalue weighted by atomic mass is 13.8. The first-order chi connectivity index (χ1) is 4.76. The van der Waals surface area contributed by atoms with E-state index in [4.69, 9.17) is 6.85 Å². The zero-order valence-corrected chi connectivity index (χ0v) is 4.08. The molecule has 1 unspecified atom stereocenters. The summed E-state index contributed by atoms with van der Waals surface area (Å²) in [5, 5.41) is 0. The van der Waals surface area contributed by atoms with E-state index in [0.717, 1.165) is 0 Å². The van der Waals surface area contributed by atoms with Crippen molar-refractivity contribution in [2.24, 2.45) is 0 Å². The number of allylic oxidation sites excluding steroid dienone is 2. The molecule has 0 bridgehead atoms. The predicted octanol–water partition coefficient (Wildman–Crippen LogP) is 2.36. The minimum Gasteiger partial charge on any atom is -0.0887 e. The molecule has 0 aromatic rings. The summed E-state index contributed by atoms with van der Waals surface area (Å²) in [6, 6.07) is -0.403.